The molecule has 114 valence electrons. The quantitative estimate of drug-likeness (QED) is 0.768. The number of hydrogen-bond donors (Lipinski definition) is 2. The Hall–Kier alpha value is -1.31. The molecule has 2 amide bonds. The second kappa shape index (κ2) is 5.99. The fourth-order valence-corrected chi connectivity index (χ4v) is 4.50. The highest BCUT2D eigenvalue weighted by Crippen LogP contribution is 2.20. The van der Waals surface area contributed by atoms with E-state index in [1.807, 2.05) is 0 Å². The molecule has 2 fully saturated rings. The second-order valence-electron chi connectivity index (χ2n) is 5.42. The van der Waals surface area contributed by atoms with Crippen molar-refractivity contribution in [2.24, 2.45) is 5.92 Å². The predicted octanol–water partition coefficient (Wildman–Crippen LogP) is 0.0698. The number of amides is 2. The number of aliphatic carboxylic acids is 1. The fourth-order valence-electron chi connectivity index (χ4n) is 2.73. The molecule has 8 heteroatoms. The number of carbonyl (C=O) groups is 2. The molecule has 0 aromatic carbocycles. The van der Waals surface area contributed by atoms with Crippen LogP contribution in [-0.2, 0) is 14.6 Å². The maximum atomic E-state index is 11.9. The molecule has 2 aliphatic heterocycles. The van der Waals surface area contributed by atoms with Gasteiger partial charge < -0.3 is 15.3 Å². The van der Waals surface area contributed by atoms with Gasteiger partial charge in [-0.1, -0.05) is 0 Å². The summed E-state index contributed by atoms with van der Waals surface area (Å²) in [6, 6.07) is -0.295. The molecule has 2 aliphatic rings. The van der Waals surface area contributed by atoms with E-state index >= 15 is 0 Å². The van der Waals surface area contributed by atoms with Gasteiger partial charge in [0.25, 0.3) is 0 Å². The third kappa shape index (κ3) is 3.41. The zero-order valence-corrected chi connectivity index (χ0v) is 12.1. The van der Waals surface area contributed by atoms with Gasteiger partial charge in [-0.2, -0.15) is 0 Å². The number of carboxylic acids is 1. The maximum Gasteiger partial charge on any atom is 0.317 e. The first kappa shape index (κ1) is 15.1. The van der Waals surface area contributed by atoms with Crippen LogP contribution in [0, 0.1) is 5.92 Å². The molecule has 2 rings (SSSR count). The molecular weight excluding hydrogens is 284 g/mol. The van der Waals surface area contributed by atoms with Crippen LogP contribution < -0.4 is 5.32 Å². The van der Waals surface area contributed by atoms with Crippen LogP contribution in [0.3, 0.4) is 0 Å². The summed E-state index contributed by atoms with van der Waals surface area (Å²) in [6.45, 7) is 0.959. The molecule has 0 spiro atoms. The van der Waals surface area contributed by atoms with Crippen molar-refractivity contribution in [2.75, 3.05) is 25.4 Å². The molecule has 7 nitrogen and oxygen atoms in total. The molecule has 0 bridgehead atoms. The maximum absolute atomic E-state index is 11.9. The molecular formula is C12H20N2O5S. The van der Waals surface area contributed by atoms with E-state index in [1.54, 1.807) is 4.90 Å². The molecule has 20 heavy (non-hydrogen) atoms. The van der Waals surface area contributed by atoms with Crippen molar-refractivity contribution in [1.82, 2.24) is 10.2 Å². The number of urea groups is 1. The van der Waals surface area contributed by atoms with Crippen molar-refractivity contribution in [3.63, 3.8) is 0 Å². The Morgan fingerprint density at radius 3 is 2.35 bits per heavy atom. The Kier molecular flexibility index (Phi) is 4.52. The number of sulfone groups is 1. The van der Waals surface area contributed by atoms with Crippen LogP contribution in [0.15, 0.2) is 0 Å². The number of nitrogens with zero attached hydrogens (tertiary/aromatic N) is 1. The van der Waals surface area contributed by atoms with E-state index in [2.05, 4.69) is 5.32 Å². The van der Waals surface area contributed by atoms with Crippen LogP contribution >= 0.6 is 0 Å². The Balaban J connectivity index is 1.77. The molecule has 1 atom stereocenters. The van der Waals surface area contributed by atoms with Crippen molar-refractivity contribution in [3.8, 4) is 0 Å². The molecule has 0 aliphatic carbocycles. The Morgan fingerprint density at radius 1 is 1.20 bits per heavy atom. The van der Waals surface area contributed by atoms with Gasteiger partial charge in [0.15, 0.2) is 9.84 Å². The normalized spacial score (nSPS) is 26.4. The van der Waals surface area contributed by atoms with Crippen molar-refractivity contribution >= 4 is 21.8 Å². The largest absolute Gasteiger partial charge is 0.481 e. The topological polar surface area (TPSA) is 104 Å². The molecule has 0 radical (unpaired) electrons. The first-order valence-corrected chi connectivity index (χ1v) is 8.59. The summed E-state index contributed by atoms with van der Waals surface area (Å²) >= 11 is 0. The van der Waals surface area contributed by atoms with E-state index in [9.17, 15) is 18.0 Å². The van der Waals surface area contributed by atoms with Gasteiger partial charge in [-0.15, -0.1) is 0 Å². The van der Waals surface area contributed by atoms with E-state index in [0.29, 0.717) is 38.8 Å². The summed E-state index contributed by atoms with van der Waals surface area (Å²) in [5.74, 6) is -0.992. The molecule has 0 aromatic heterocycles. The van der Waals surface area contributed by atoms with Crippen molar-refractivity contribution in [2.45, 2.75) is 30.9 Å². The summed E-state index contributed by atoms with van der Waals surface area (Å²) in [5, 5.41) is 11.1. The summed E-state index contributed by atoms with van der Waals surface area (Å²) < 4.78 is 23.3. The van der Waals surface area contributed by atoms with Crippen LogP contribution in [0.5, 0.6) is 0 Å². The lowest BCUT2D eigenvalue weighted by Crippen LogP contribution is -2.47. The summed E-state index contributed by atoms with van der Waals surface area (Å²) in [7, 11) is -3.04. The van der Waals surface area contributed by atoms with E-state index in [0.717, 1.165) is 0 Å². The lowest BCUT2D eigenvalue weighted by molar-refractivity contribution is -0.143. The molecule has 2 N–H and O–H groups in total. The monoisotopic (exact) mass is 304 g/mol. The zero-order chi connectivity index (χ0) is 14.8. The van der Waals surface area contributed by atoms with E-state index in [4.69, 9.17) is 5.11 Å². The number of carboxylic acid groups (broad SMARTS) is 1. The Morgan fingerprint density at radius 2 is 1.85 bits per heavy atom. The lowest BCUT2D eigenvalue weighted by Gasteiger charge is -2.30. The van der Waals surface area contributed by atoms with Crippen LogP contribution in [0.1, 0.15) is 25.7 Å². The average Bonchev–Trinajstić information content (AvgIpc) is 2.75. The molecule has 0 saturated carbocycles. The number of nitrogens with one attached hydrogen (secondary N) is 1. The van der Waals surface area contributed by atoms with E-state index < -0.39 is 21.1 Å². The van der Waals surface area contributed by atoms with Gasteiger partial charge in [-0.05, 0) is 25.7 Å². The van der Waals surface area contributed by atoms with Crippen LogP contribution in [-0.4, -0.2) is 61.1 Å². The molecule has 0 aromatic rings. The second-order valence-corrected chi connectivity index (χ2v) is 7.82. The summed E-state index contributed by atoms with van der Waals surface area (Å²) in [4.78, 5) is 24.3. The first-order chi connectivity index (χ1) is 9.40. The van der Waals surface area contributed by atoms with Crippen LogP contribution in [0.25, 0.3) is 0 Å². The van der Waals surface area contributed by atoms with Gasteiger partial charge in [0.2, 0.25) is 0 Å². The Bertz CT molecular complexity index is 482. The number of rotatable bonds is 3. The first-order valence-electron chi connectivity index (χ1n) is 6.87. The highest BCUT2D eigenvalue weighted by atomic mass is 32.2. The average molecular weight is 304 g/mol. The van der Waals surface area contributed by atoms with Crippen LogP contribution in [0.2, 0.25) is 0 Å². The number of carbonyl (C=O) groups excluding carboxylic acids is 1. The van der Waals surface area contributed by atoms with Crippen molar-refractivity contribution < 1.29 is 23.1 Å². The highest BCUT2D eigenvalue weighted by Gasteiger charge is 2.32. The Labute approximate surface area is 118 Å². The van der Waals surface area contributed by atoms with E-state index in [-0.39, 0.29) is 24.2 Å². The highest BCUT2D eigenvalue weighted by molar-refractivity contribution is 7.92. The number of likely N-dealkylation sites (tertiary alicyclic amines) is 1. The zero-order valence-electron chi connectivity index (χ0n) is 11.2. The van der Waals surface area contributed by atoms with Gasteiger partial charge in [0.1, 0.15) is 0 Å². The number of hydrogen-bond acceptors (Lipinski definition) is 4. The van der Waals surface area contributed by atoms with Crippen LogP contribution in [0.4, 0.5) is 4.79 Å². The molecule has 2 saturated heterocycles. The SMILES string of the molecule is O=C(O)C1CCN(C(=O)NCC2CCCS2(=O)=O)CC1. The van der Waals surface area contributed by atoms with Gasteiger partial charge >= 0.3 is 12.0 Å². The van der Waals surface area contributed by atoms with Gasteiger partial charge in [0, 0.05) is 19.6 Å². The minimum absolute atomic E-state index is 0.153. The van der Waals surface area contributed by atoms with Gasteiger partial charge in [-0.3, -0.25) is 4.79 Å². The fraction of sp³-hybridized carbons (Fsp3) is 0.833. The minimum atomic E-state index is -3.04. The van der Waals surface area contributed by atoms with Crippen molar-refractivity contribution in [3.05, 3.63) is 0 Å². The van der Waals surface area contributed by atoms with Gasteiger partial charge in [0.05, 0.1) is 16.9 Å². The smallest absolute Gasteiger partial charge is 0.317 e. The molecule has 2 heterocycles. The third-order valence-electron chi connectivity index (χ3n) is 4.08. The van der Waals surface area contributed by atoms with Gasteiger partial charge in [-0.25, -0.2) is 13.2 Å². The predicted molar refractivity (Wildman–Crippen MR) is 72.1 cm³/mol. The van der Waals surface area contributed by atoms with E-state index in [1.165, 1.54) is 0 Å². The minimum Gasteiger partial charge on any atom is -0.481 e. The summed E-state index contributed by atoms with van der Waals surface area (Å²) in [5.41, 5.74) is 0. The summed E-state index contributed by atoms with van der Waals surface area (Å²) in [6.07, 6.45) is 2.16. The lowest BCUT2D eigenvalue weighted by atomic mass is 9.97. The standard InChI is InChI=1S/C12H20N2O5S/c15-11(16)9-3-5-14(6-4-9)12(17)13-8-10-2-1-7-20(10,18)19/h9-10H,1-8H2,(H,13,17)(H,15,16). The van der Waals surface area contributed by atoms with Crippen molar-refractivity contribution in [1.29, 1.82) is 0 Å². The number of piperidine rings is 1. The third-order valence-corrected chi connectivity index (χ3v) is 6.35. The molecule has 1 unspecified atom stereocenters.